The fourth-order valence-corrected chi connectivity index (χ4v) is 2.27. The molecule has 110 valence electrons. The summed E-state index contributed by atoms with van der Waals surface area (Å²) in [5, 5.41) is 9.20. The highest BCUT2D eigenvalue weighted by Gasteiger charge is 2.42. The molecule has 2 aromatic rings. The molecule has 3 nitrogen and oxygen atoms in total. The normalized spacial score (nSPS) is 13.7. The highest BCUT2D eigenvalue weighted by Crippen LogP contribution is 2.32. The van der Waals surface area contributed by atoms with Crippen LogP contribution in [0.4, 0.5) is 8.78 Å². The summed E-state index contributed by atoms with van der Waals surface area (Å²) >= 11 is 2.84. The zero-order valence-corrected chi connectivity index (χ0v) is 12.5. The third-order valence-corrected chi connectivity index (χ3v) is 3.71. The number of halogens is 3. The van der Waals surface area contributed by atoms with Crippen molar-refractivity contribution < 1.29 is 18.7 Å². The first kappa shape index (κ1) is 15.6. The van der Waals surface area contributed by atoms with Gasteiger partial charge >= 0.3 is 5.97 Å². The maximum Gasteiger partial charge on any atom is 0.347 e. The van der Waals surface area contributed by atoms with E-state index in [0.717, 1.165) is 17.7 Å². The maximum atomic E-state index is 14.8. The summed E-state index contributed by atoms with van der Waals surface area (Å²) in [6.07, 6.45) is -0.0439. The number of carboxylic acid groups (broad SMARTS) is 1. The topological polar surface area (TPSA) is 50.2 Å². The predicted molar refractivity (Wildman–Crippen MR) is 77.1 cm³/mol. The van der Waals surface area contributed by atoms with E-state index < -0.39 is 17.5 Å². The number of carbonyl (C=O) groups is 1. The summed E-state index contributed by atoms with van der Waals surface area (Å²) in [7, 11) is 0. The van der Waals surface area contributed by atoms with Gasteiger partial charge in [0.25, 0.3) is 0 Å². The Hall–Kier alpha value is -1.82. The molecule has 21 heavy (non-hydrogen) atoms. The number of hydrogen-bond acceptors (Lipinski definition) is 2. The molecule has 1 aromatic carbocycles. The van der Waals surface area contributed by atoms with Gasteiger partial charge in [-0.1, -0.05) is 30.3 Å². The van der Waals surface area contributed by atoms with E-state index in [1.807, 2.05) is 6.07 Å². The van der Waals surface area contributed by atoms with Crippen LogP contribution in [-0.2, 0) is 16.9 Å². The molecule has 1 aromatic heterocycles. The Morgan fingerprint density at radius 3 is 2.48 bits per heavy atom. The van der Waals surface area contributed by atoms with Crippen LogP contribution in [0.2, 0.25) is 0 Å². The lowest BCUT2D eigenvalue weighted by atomic mass is 9.93. The molecule has 0 fully saturated rings. The van der Waals surface area contributed by atoms with E-state index in [0.29, 0.717) is 0 Å². The van der Waals surface area contributed by atoms with Crippen LogP contribution in [0.1, 0.15) is 17.7 Å². The van der Waals surface area contributed by atoms with Crippen molar-refractivity contribution in [2.45, 2.75) is 18.5 Å². The van der Waals surface area contributed by atoms with Crippen molar-refractivity contribution in [1.29, 1.82) is 0 Å². The summed E-state index contributed by atoms with van der Waals surface area (Å²) in [6.45, 7) is 0. The van der Waals surface area contributed by atoms with Crippen LogP contribution in [0, 0.1) is 5.82 Å². The lowest BCUT2D eigenvalue weighted by Crippen LogP contribution is -2.32. The van der Waals surface area contributed by atoms with E-state index >= 15 is 0 Å². The molecular formula is C15H12BrF2NO2. The highest BCUT2D eigenvalue weighted by molar-refractivity contribution is 9.10. The average molecular weight is 356 g/mol. The van der Waals surface area contributed by atoms with Crippen LogP contribution in [0.15, 0.2) is 47.1 Å². The quantitative estimate of drug-likeness (QED) is 0.828. The third-order valence-electron chi connectivity index (χ3n) is 3.15. The average Bonchev–Trinajstić information content (AvgIpc) is 2.48. The fraction of sp³-hybridized carbons (Fsp3) is 0.200. The zero-order valence-electron chi connectivity index (χ0n) is 10.9. The van der Waals surface area contributed by atoms with Crippen molar-refractivity contribution in [3.8, 4) is 0 Å². The molecule has 1 unspecified atom stereocenters. The standard InChI is InChI=1S/C15H12BrF2NO2/c16-13-11(17)6-7-12(19-13)15(18,14(20)21)9-8-10-4-2-1-3-5-10/h1-7H,8-9H2,(H,20,21). The largest absolute Gasteiger partial charge is 0.479 e. The van der Waals surface area contributed by atoms with Crippen LogP contribution in [0.5, 0.6) is 0 Å². The molecule has 0 saturated heterocycles. The van der Waals surface area contributed by atoms with Gasteiger partial charge in [0.2, 0.25) is 5.67 Å². The number of aryl methyl sites for hydroxylation is 1. The SMILES string of the molecule is O=C(O)C(F)(CCc1ccccc1)c1ccc(F)c(Br)n1. The van der Waals surface area contributed by atoms with Crippen molar-refractivity contribution >= 4 is 21.9 Å². The molecule has 0 aliphatic rings. The first-order valence-electron chi connectivity index (χ1n) is 6.22. The van der Waals surface area contributed by atoms with E-state index in [4.69, 9.17) is 0 Å². The molecule has 0 amide bonds. The lowest BCUT2D eigenvalue weighted by Gasteiger charge is -2.20. The molecule has 0 saturated carbocycles. The molecule has 2 rings (SSSR count). The number of pyridine rings is 1. The van der Waals surface area contributed by atoms with Gasteiger partial charge in [-0.2, -0.15) is 0 Å². The van der Waals surface area contributed by atoms with Crippen molar-refractivity contribution in [2.75, 3.05) is 0 Å². The van der Waals surface area contributed by atoms with Crippen molar-refractivity contribution in [2.24, 2.45) is 0 Å². The Morgan fingerprint density at radius 1 is 1.24 bits per heavy atom. The first-order valence-corrected chi connectivity index (χ1v) is 7.01. The first-order chi connectivity index (χ1) is 9.93. The van der Waals surface area contributed by atoms with Gasteiger partial charge in [0.15, 0.2) is 5.82 Å². The third kappa shape index (κ3) is 3.44. The second-order valence-electron chi connectivity index (χ2n) is 4.56. The van der Waals surface area contributed by atoms with Gasteiger partial charge in [-0.3, -0.25) is 0 Å². The molecule has 0 spiro atoms. The minimum absolute atomic E-state index is 0.206. The molecule has 0 aliphatic heterocycles. The van der Waals surface area contributed by atoms with E-state index in [1.54, 1.807) is 24.3 Å². The molecule has 1 heterocycles. The van der Waals surface area contributed by atoms with Gasteiger partial charge in [0, 0.05) is 6.42 Å². The Bertz CT molecular complexity index is 651. The van der Waals surface area contributed by atoms with Crippen LogP contribution < -0.4 is 0 Å². The van der Waals surface area contributed by atoms with Crippen molar-refractivity contribution in [3.05, 3.63) is 64.1 Å². The lowest BCUT2D eigenvalue weighted by molar-refractivity contribution is -0.152. The van der Waals surface area contributed by atoms with E-state index in [2.05, 4.69) is 20.9 Å². The zero-order chi connectivity index (χ0) is 15.5. The molecular weight excluding hydrogens is 344 g/mol. The number of carboxylic acids is 1. The summed E-state index contributed by atoms with van der Waals surface area (Å²) in [4.78, 5) is 15.0. The maximum absolute atomic E-state index is 14.8. The monoisotopic (exact) mass is 355 g/mol. The summed E-state index contributed by atoms with van der Waals surface area (Å²) in [6, 6.07) is 11.0. The van der Waals surface area contributed by atoms with Crippen LogP contribution in [-0.4, -0.2) is 16.1 Å². The number of alkyl halides is 1. The summed E-state index contributed by atoms with van der Waals surface area (Å²) < 4.78 is 27.8. The van der Waals surface area contributed by atoms with Gasteiger partial charge in [-0.15, -0.1) is 0 Å². The molecule has 0 aliphatic carbocycles. The van der Waals surface area contributed by atoms with Gasteiger partial charge in [0.1, 0.15) is 4.60 Å². The predicted octanol–water partition coefficient (Wildman–Crippen LogP) is 3.87. The van der Waals surface area contributed by atoms with Crippen LogP contribution in [0.3, 0.4) is 0 Å². The number of rotatable bonds is 5. The second-order valence-corrected chi connectivity index (χ2v) is 5.31. The Labute approximate surface area is 128 Å². The van der Waals surface area contributed by atoms with Crippen molar-refractivity contribution in [1.82, 2.24) is 4.98 Å². The van der Waals surface area contributed by atoms with E-state index in [1.165, 1.54) is 0 Å². The molecule has 1 atom stereocenters. The number of aromatic nitrogens is 1. The molecule has 1 N–H and O–H groups in total. The second kappa shape index (κ2) is 6.30. The number of aliphatic carboxylic acids is 1. The Kier molecular flexibility index (Phi) is 4.67. The molecule has 6 heteroatoms. The number of hydrogen-bond donors (Lipinski definition) is 1. The van der Waals surface area contributed by atoms with E-state index in [9.17, 15) is 18.7 Å². The summed E-state index contributed by atoms with van der Waals surface area (Å²) in [5.41, 5.74) is -2.16. The number of benzene rings is 1. The number of nitrogens with zero attached hydrogens (tertiary/aromatic N) is 1. The van der Waals surface area contributed by atoms with Gasteiger partial charge in [-0.25, -0.2) is 18.6 Å². The Morgan fingerprint density at radius 2 is 1.90 bits per heavy atom. The highest BCUT2D eigenvalue weighted by atomic mass is 79.9. The van der Waals surface area contributed by atoms with Gasteiger partial charge in [0.05, 0.1) is 5.69 Å². The van der Waals surface area contributed by atoms with E-state index in [-0.39, 0.29) is 23.1 Å². The van der Waals surface area contributed by atoms with Crippen LogP contribution in [0.25, 0.3) is 0 Å². The Balaban J connectivity index is 2.27. The van der Waals surface area contributed by atoms with Gasteiger partial charge < -0.3 is 5.11 Å². The fourth-order valence-electron chi connectivity index (χ4n) is 1.94. The molecule has 0 radical (unpaired) electrons. The minimum atomic E-state index is -2.66. The van der Waals surface area contributed by atoms with Crippen molar-refractivity contribution in [3.63, 3.8) is 0 Å². The summed E-state index contributed by atoms with van der Waals surface area (Å²) in [5.74, 6) is -2.31. The van der Waals surface area contributed by atoms with Crippen LogP contribution >= 0.6 is 15.9 Å². The minimum Gasteiger partial charge on any atom is -0.479 e. The molecule has 0 bridgehead atoms. The smallest absolute Gasteiger partial charge is 0.347 e. The van der Waals surface area contributed by atoms with Gasteiger partial charge in [-0.05, 0) is 40.0 Å².